The Hall–Kier alpha value is -2.00. The fraction of sp³-hybridized carbons (Fsp3) is 0.158. The predicted octanol–water partition coefficient (Wildman–Crippen LogP) is 6.00. The fourth-order valence-corrected chi connectivity index (χ4v) is 2.75. The zero-order valence-corrected chi connectivity index (χ0v) is 14.4. The van der Waals surface area contributed by atoms with Crippen LogP contribution < -0.4 is 4.74 Å². The molecule has 3 heteroatoms. The van der Waals surface area contributed by atoms with Crippen molar-refractivity contribution in [1.82, 2.24) is 0 Å². The lowest BCUT2D eigenvalue weighted by molar-refractivity contribution is 0.415. The maximum atomic E-state index is 6.17. The van der Waals surface area contributed by atoms with E-state index in [0.717, 1.165) is 32.9 Å². The predicted molar refractivity (Wildman–Crippen MR) is 93.3 cm³/mol. The van der Waals surface area contributed by atoms with Crippen LogP contribution in [0.15, 0.2) is 57.4 Å². The number of benzene rings is 2. The van der Waals surface area contributed by atoms with Crippen molar-refractivity contribution in [2.75, 3.05) is 7.11 Å². The Morgan fingerprint density at radius 3 is 1.68 bits per heavy atom. The third-order valence-corrected chi connectivity index (χ3v) is 4.44. The molecule has 0 fully saturated rings. The van der Waals surface area contributed by atoms with Crippen LogP contribution in [0.1, 0.15) is 11.1 Å². The minimum atomic E-state index is 0.845. The van der Waals surface area contributed by atoms with Gasteiger partial charge in [-0.2, -0.15) is 0 Å². The summed E-state index contributed by atoms with van der Waals surface area (Å²) in [5, 5.41) is 0. The van der Waals surface area contributed by atoms with Crippen LogP contribution in [0.5, 0.6) is 5.75 Å². The van der Waals surface area contributed by atoms with Gasteiger partial charge in [0, 0.05) is 15.6 Å². The molecule has 0 aliphatic rings. The minimum absolute atomic E-state index is 0.845. The zero-order chi connectivity index (χ0) is 15.7. The van der Waals surface area contributed by atoms with Crippen LogP contribution in [-0.2, 0) is 0 Å². The number of hydrogen-bond donors (Lipinski definition) is 0. The first-order valence-corrected chi connectivity index (χ1v) is 7.90. The molecule has 22 heavy (non-hydrogen) atoms. The molecule has 0 atom stereocenters. The SMILES string of the molecule is COc1ccc(-c2oc(-c3ccc(Br)cc3)c(C)c2C)cc1. The molecule has 0 saturated heterocycles. The van der Waals surface area contributed by atoms with Gasteiger partial charge in [-0.1, -0.05) is 28.1 Å². The van der Waals surface area contributed by atoms with Gasteiger partial charge in [0.1, 0.15) is 17.3 Å². The Bertz CT molecular complexity index is 784. The maximum Gasteiger partial charge on any atom is 0.137 e. The van der Waals surface area contributed by atoms with Gasteiger partial charge in [-0.3, -0.25) is 0 Å². The first-order valence-electron chi connectivity index (χ1n) is 7.10. The molecule has 0 unspecified atom stereocenters. The van der Waals surface area contributed by atoms with Crippen molar-refractivity contribution in [2.45, 2.75) is 13.8 Å². The molecule has 0 spiro atoms. The molecule has 2 aromatic carbocycles. The van der Waals surface area contributed by atoms with E-state index < -0.39 is 0 Å². The summed E-state index contributed by atoms with van der Waals surface area (Å²) in [6.45, 7) is 4.20. The van der Waals surface area contributed by atoms with Crippen LogP contribution in [-0.4, -0.2) is 7.11 Å². The van der Waals surface area contributed by atoms with E-state index in [2.05, 4.69) is 41.9 Å². The highest BCUT2D eigenvalue weighted by atomic mass is 79.9. The molecule has 0 aliphatic carbocycles. The van der Waals surface area contributed by atoms with Crippen molar-refractivity contribution >= 4 is 15.9 Å². The van der Waals surface area contributed by atoms with Crippen molar-refractivity contribution < 1.29 is 9.15 Å². The fourth-order valence-electron chi connectivity index (χ4n) is 2.49. The highest BCUT2D eigenvalue weighted by Crippen LogP contribution is 2.37. The van der Waals surface area contributed by atoms with Crippen LogP contribution in [0.3, 0.4) is 0 Å². The summed E-state index contributed by atoms with van der Waals surface area (Å²) in [5.41, 5.74) is 4.49. The summed E-state index contributed by atoms with van der Waals surface area (Å²) in [6, 6.07) is 16.1. The Morgan fingerprint density at radius 1 is 0.773 bits per heavy atom. The van der Waals surface area contributed by atoms with Gasteiger partial charge >= 0.3 is 0 Å². The van der Waals surface area contributed by atoms with Gasteiger partial charge in [-0.15, -0.1) is 0 Å². The normalized spacial score (nSPS) is 10.7. The molecule has 2 nitrogen and oxygen atoms in total. The second-order valence-corrected chi connectivity index (χ2v) is 6.16. The Morgan fingerprint density at radius 2 is 1.23 bits per heavy atom. The number of ether oxygens (including phenoxy) is 1. The van der Waals surface area contributed by atoms with Crippen LogP contribution in [0.4, 0.5) is 0 Å². The molecule has 0 bridgehead atoms. The Balaban J connectivity index is 2.06. The molecule has 0 saturated carbocycles. The molecule has 1 aromatic heterocycles. The van der Waals surface area contributed by atoms with Crippen LogP contribution >= 0.6 is 15.9 Å². The van der Waals surface area contributed by atoms with Crippen molar-refractivity contribution in [3.63, 3.8) is 0 Å². The third kappa shape index (κ3) is 2.69. The van der Waals surface area contributed by atoms with Gasteiger partial charge in [0.2, 0.25) is 0 Å². The molecule has 3 rings (SSSR count). The first kappa shape index (κ1) is 14.9. The largest absolute Gasteiger partial charge is 0.497 e. The van der Waals surface area contributed by atoms with Crippen molar-refractivity contribution in [3.05, 3.63) is 64.1 Å². The summed E-state index contributed by atoms with van der Waals surface area (Å²) in [5.74, 6) is 2.69. The molecule has 0 amide bonds. The molecule has 1 heterocycles. The zero-order valence-electron chi connectivity index (χ0n) is 12.8. The number of furan rings is 1. The smallest absolute Gasteiger partial charge is 0.137 e. The maximum absolute atomic E-state index is 6.17. The molecular weight excluding hydrogens is 340 g/mol. The van der Waals surface area contributed by atoms with E-state index in [0.29, 0.717) is 0 Å². The number of methoxy groups -OCH3 is 1. The van der Waals surface area contributed by atoms with Gasteiger partial charge in [-0.05, 0) is 61.4 Å². The van der Waals surface area contributed by atoms with E-state index in [1.165, 1.54) is 11.1 Å². The highest BCUT2D eigenvalue weighted by Gasteiger charge is 2.16. The number of hydrogen-bond acceptors (Lipinski definition) is 2. The molecule has 3 aromatic rings. The standard InChI is InChI=1S/C19H17BrO2/c1-12-13(2)19(15-6-10-17(21-3)11-7-15)22-18(12)14-4-8-16(20)9-5-14/h4-11H,1-3H3. The van der Waals surface area contributed by atoms with Crippen LogP contribution in [0.25, 0.3) is 22.6 Å². The van der Waals surface area contributed by atoms with E-state index >= 15 is 0 Å². The summed E-state index contributed by atoms with van der Waals surface area (Å²) in [6.07, 6.45) is 0. The summed E-state index contributed by atoms with van der Waals surface area (Å²) < 4.78 is 12.4. The van der Waals surface area contributed by atoms with E-state index in [-0.39, 0.29) is 0 Å². The van der Waals surface area contributed by atoms with E-state index in [1.54, 1.807) is 7.11 Å². The topological polar surface area (TPSA) is 22.4 Å². The molecule has 0 radical (unpaired) electrons. The Kier molecular flexibility index (Phi) is 4.08. The van der Waals surface area contributed by atoms with Crippen LogP contribution in [0.2, 0.25) is 0 Å². The molecule has 0 N–H and O–H groups in total. The van der Waals surface area contributed by atoms with Gasteiger partial charge in [-0.25, -0.2) is 0 Å². The van der Waals surface area contributed by atoms with Gasteiger partial charge < -0.3 is 9.15 Å². The van der Waals surface area contributed by atoms with Crippen LogP contribution in [0, 0.1) is 13.8 Å². The Labute approximate surface area is 138 Å². The van der Waals surface area contributed by atoms with Crippen molar-refractivity contribution in [1.29, 1.82) is 0 Å². The van der Waals surface area contributed by atoms with Gasteiger partial charge in [0.05, 0.1) is 7.11 Å². The summed E-state index contributed by atoms with van der Waals surface area (Å²) in [4.78, 5) is 0. The summed E-state index contributed by atoms with van der Waals surface area (Å²) >= 11 is 3.46. The van der Waals surface area contributed by atoms with Gasteiger partial charge in [0.15, 0.2) is 0 Å². The quantitative estimate of drug-likeness (QED) is 0.573. The third-order valence-electron chi connectivity index (χ3n) is 3.91. The highest BCUT2D eigenvalue weighted by molar-refractivity contribution is 9.10. The average Bonchev–Trinajstić information content (AvgIpc) is 2.84. The summed E-state index contributed by atoms with van der Waals surface area (Å²) in [7, 11) is 1.67. The minimum Gasteiger partial charge on any atom is -0.497 e. The number of halogens is 1. The average molecular weight is 357 g/mol. The first-order chi connectivity index (χ1) is 10.6. The lowest BCUT2D eigenvalue weighted by Crippen LogP contribution is -1.83. The lowest BCUT2D eigenvalue weighted by atomic mass is 10.0. The van der Waals surface area contributed by atoms with E-state index in [1.807, 2.05) is 36.4 Å². The van der Waals surface area contributed by atoms with Gasteiger partial charge in [0.25, 0.3) is 0 Å². The second kappa shape index (κ2) is 6.01. The number of rotatable bonds is 3. The van der Waals surface area contributed by atoms with E-state index in [9.17, 15) is 0 Å². The monoisotopic (exact) mass is 356 g/mol. The molecule has 0 aliphatic heterocycles. The molecular formula is C19H17BrO2. The second-order valence-electron chi connectivity index (χ2n) is 5.25. The van der Waals surface area contributed by atoms with Crippen molar-refractivity contribution in [3.8, 4) is 28.4 Å². The van der Waals surface area contributed by atoms with Crippen molar-refractivity contribution in [2.24, 2.45) is 0 Å². The molecule has 112 valence electrons. The lowest BCUT2D eigenvalue weighted by Gasteiger charge is -2.02. The van der Waals surface area contributed by atoms with E-state index in [4.69, 9.17) is 9.15 Å².